The molecular weight excluding hydrogens is 370 g/mol. The quantitative estimate of drug-likeness (QED) is 0.267. The molecule has 0 radical (unpaired) electrons. The van der Waals surface area contributed by atoms with Gasteiger partial charge in [-0.05, 0) is 6.07 Å². The Morgan fingerprint density at radius 2 is 1.96 bits per heavy atom. The summed E-state index contributed by atoms with van der Waals surface area (Å²) in [5.74, 6) is 5.46. The van der Waals surface area contributed by atoms with E-state index in [0.717, 1.165) is 10.8 Å². The monoisotopic (exact) mass is 390 g/mol. The zero-order valence-electron chi connectivity index (χ0n) is 14.9. The number of pyridine rings is 1. The van der Waals surface area contributed by atoms with Crippen molar-refractivity contribution in [1.29, 1.82) is 0 Å². The summed E-state index contributed by atoms with van der Waals surface area (Å²) < 4.78 is 7.99. The van der Waals surface area contributed by atoms with Gasteiger partial charge >= 0.3 is 5.69 Å². The lowest BCUT2D eigenvalue weighted by Gasteiger charge is -2.40. The lowest BCUT2D eigenvalue weighted by atomic mass is 9.98. The largest absolute Gasteiger partial charge is 0.394 e. The van der Waals surface area contributed by atoms with E-state index in [0.29, 0.717) is 5.56 Å². The third-order valence-electron chi connectivity index (χ3n) is 4.39. The second-order valence-electron chi connectivity index (χ2n) is 6.44. The van der Waals surface area contributed by atoms with Gasteiger partial charge in [-0.25, -0.2) is 9.36 Å². The maximum Gasteiger partial charge on any atom is 0.330 e. The van der Waals surface area contributed by atoms with E-state index < -0.39 is 48.5 Å². The zero-order valence-corrected chi connectivity index (χ0v) is 14.9. The van der Waals surface area contributed by atoms with Gasteiger partial charge in [-0.1, -0.05) is 11.8 Å². The Kier molecular flexibility index (Phi) is 5.73. The summed E-state index contributed by atoms with van der Waals surface area (Å²) in [4.78, 5) is 26.3. The summed E-state index contributed by atoms with van der Waals surface area (Å²) in [6.07, 6.45) is -2.86. The highest BCUT2D eigenvalue weighted by Gasteiger charge is 2.44. The van der Waals surface area contributed by atoms with Crippen molar-refractivity contribution in [3.8, 4) is 11.8 Å². The van der Waals surface area contributed by atoms with Crippen LogP contribution in [0.1, 0.15) is 17.4 Å². The Balaban J connectivity index is 2.00. The van der Waals surface area contributed by atoms with Crippen LogP contribution < -0.4 is 15.8 Å². The standard InChI is InChI=1S/C18H19N3O7/c1-20-6-2-3-10(7-20)4-5-11-8-21(18(27)19-16(11)26)17-15(25)14(24)13(23)12(9-22)28-17/h2-3,6-8,12-15,17,22-25H,9H2,1H3/p+1/t12-,13-,14+,15-,17-/m1/s1. The van der Waals surface area contributed by atoms with Crippen molar-refractivity contribution >= 4 is 0 Å². The molecular formula is C18H20N3O7+. The normalized spacial score (nSPS) is 27.1. The number of nitrogens with zero attached hydrogens (tertiary/aromatic N) is 2. The number of ether oxygens (including phenoxy) is 1. The highest BCUT2D eigenvalue weighted by molar-refractivity contribution is 5.39. The van der Waals surface area contributed by atoms with Gasteiger partial charge in [0, 0.05) is 12.3 Å². The molecule has 10 nitrogen and oxygen atoms in total. The van der Waals surface area contributed by atoms with Gasteiger partial charge in [0.05, 0.1) is 12.2 Å². The maximum absolute atomic E-state index is 12.2. The van der Waals surface area contributed by atoms with Crippen LogP contribution in [0.3, 0.4) is 0 Å². The fourth-order valence-corrected chi connectivity index (χ4v) is 2.88. The smallest absolute Gasteiger partial charge is 0.330 e. The molecule has 148 valence electrons. The van der Waals surface area contributed by atoms with Crippen molar-refractivity contribution in [2.45, 2.75) is 30.6 Å². The number of hydrogen-bond acceptors (Lipinski definition) is 7. The molecule has 1 fully saturated rings. The van der Waals surface area contributed by atoms with E-state index in [-0.39, 0.29) is 5.56 Å². The van der Waals surface area contributed by atoms with Crippen LogP contribution in [0.5, 0.6) is 0 Å². The highest BCUT2D eigenvalue weighted by atomic mass is 16.6. The van der Waals surface area contributed by atoms with E-state index in [1.165, 1.54) is 0 Å². The molecule has 10 heteroatoms. The topological polar surface area (TPSA) is 149 Å². The minimum atomic E-state index is -1.67. The molecule has 0 saturated carbocycles. The van der Waals surface area contributed by atoms with E-state index >= 15 is 0 Å². The minimum absolute atomic E-state index is 0.0666. The minimum Gasteiger partial charge on any atom is -0.394 e. The first-order valence-electron chi connectivity index (χ1n) is 8.45. The molecule has 0 unspecified atom stereocenters. The van der Waals surface area contributed by atoms with E-state index in [4.69, 9.17) is 4.74 Å². The third kappa shape index (κ3) is 3.89. The van der Waals surface area contributed by atoms with Crippen LogP contribution in [-0.2, 0) is 11.8 Å². The van der Waals surface area contributed by atoms with Crippen molar-refractivity contribution in [2.75, 3.05) is 6.61 Å². The van der Waals surface area contributed by atoms with Crippen LogP contribution >= 0.6 is 0 Å². The van der Waals surface area contributed by atoms with Gasteiger partial charge in [0.25, 0.3) is 5.56 Å². The molecule has 0 aromatic carbocycles. The van der Waals surface area contributed by atoms with Crippen molar-refractivity contribution < 1.29 is 29.7 Å². The first-order chi connectivity index (χ1) is 13.3. The molecule has 5 atom stereocenters. The molecule has 2 aromatic heterocycles. The molecule has 0 bridgehead atoms. The van der Waals surface area contributed by atoms with Gasteiger partial charge in [-0.2, -0.15) is 0 Å². The number of aromatic nitrogens is 3. The molecule has 0 aliphatic carbocycles. The van der Waals surface area contributed by atoms with Gasteiger partial charge in [-0.15, -0.1) is 0 Å². The zero-order chi connectivity index (χ0) is 20.4. The summed E-state index contributed by atoms with van der Waals surface area (Å²) in [5, 5.41) is 39.2. The number of aryl methyl sites for hydroxylation is 1. The SMILES string of the molecule is C[n+]1cccc(C#Cc2cn([C@@H]3O[C@H](CO)[C@@H](O)[C@H](O)[C@H]3O)c(=O)[nH]c2=O)c1. The van der Waals surface area contributed by atoms with E-state index in [2.05, 4.69) is 16.8 Å². The number of rotatable bonds is 2. The molecule has 1 aliphatic heterocycles. The summed E-state index contributed by atoms with van der Waals surface area (Å²) in [6.45, 7) is -0.642. The Bertz CT molecular complexity index is 1030. The van der Waals surface area contributed by atoms with E-state index in [1.807, 2.05) is 13.2 Å². The number of aromatic amines is 1. The molecule has 1 saturated heterocycles. The fraction of sp³-hybridized carbons (Fsp3) is 0.389. The van der Waals surface area contributed by atoms with Crippen LogP contribution in [0, 0.1) is 11.8 Å². The van der Waals surface area contributed by atoms with Crippen molar-refractivity contribution in [3.05, 3.63) is 62.7 Å². The molecule has 3 rings (SSSR count). The van der Waals surface area contributed by atoms with Gasteiger partial charge in [0.2, 0.25) is 0 Å². The van der Waals surface area contributed by atoms with Crippen LogP contribution in [0.2, 0.25) is 0 Å². The van der Waals surface area contributed by atoms with Crippen molar-refractivity contribution in [3.63, 3.8) is 0 Å². The van der Waals surface area contributed by atoms with Gasteiger partial charge < -0.3 is 25.2 Å². The van der Waals surface area contributed by atoms with E-state index in [1.54, 1.807) is 22.9 Å². The van der Waals surface area contributed by atoms with Crippen molar-refractivity contribution in [2.24, 2.45) is 7.05 Å². The maximum atomic E-state index is 12.2. The number of hydrogen-bond donors (Lipinski definition) is 5. The van der Waals surface area contributed by atoms with Gasteiger partial charge in [0.1, 0.15) is 37.0 Å². The molecule has 1 aliphatic rings. The average Bonchev–Trinajstić information content (AvgIpc) is 2.66. The highest BCUT2D eigenvalue weighted by Crippen LogP contribution is 2.27. The Labute approximate surface area is 158 Å². The third-order valence-corrected chi connectivity index (χ3v) is 4.39. The molecule has 3 heterocycles. The lowest BCUT2D eigenvalue weighted by Crippen LogP contribution is -2.58. The molecule has 0 spiro atoms. The number of H-pyrrole nitrogens is 1. The number of aliphatic hydroxyl groups excluding tert-OH is 4. The van der Waals surface area contributed by atoms with E-state index in [9.17, 15) is 30.0 Å². The predicted octanol–water partition coefficient (Wildman–Crippen LogP) is -3.27. The second kappa shape index (κ2) is 8.05. The van der Waals surface area contributed by atoms with Crippen molar-refractivity contribution in [1.82, 2.24) is 9.55 Å². The summed E-state index contributed by atoms with van der Waals surface area (Å²) in [5.41, 5.74) is -1.05. The molecule has 0 amide bonds. The lowest BCUT2D eigenvalue weighted by molar-refractivity contribution is -0.671. The summed E-state index contributed by atoms with van der Waals surface area (Å²) >= 11 is 0. The average molecular weight is 390 g/mol. The van der Waals surface area contributed by atoms with Crippen LogP contribution in [-0.4, -0.2) is 61.0 Å². The second-order valence-corrected chi connectivity index (χ2v) is 6.44. The van der Waals surface area contributed by atoms with Gasteiger partial charge in [-0.3, -0.25) is 14.3 Å². The molecule has 5 N–H and O–H groups in total. The number of nitrogens with one attached hydrogen (secondary N) is 1. The Hall–Kier alpha value is -2.81. The van der Waals surface area contributed by atoms with Gasteiger partial charge in [0.15, 0.2) is 18.6 Å². The Morgan fingerprint density at radius 1 is 1.21 bits per heavy atom. The predicted molar refractivity (Wildman–Crippen MR) is 93.9 cm³/mol. The van der Waals surface area contributed by atoms with Crippen LogP contribution in [0.4, 0.5) is 0 Å². The summed E-state index contributed by atoms with van der Waals surface area (Å²) in [6, 6.07) is 3.53. The Morgan fingerprint density at radius 3 is 2.64 bits per heavy atom. The first kappa shape index (κ1) is 19.9. The number of aliphatic hydroxyl groups is 4. The fourth-order valence-electron chi connectivity index (χ4n) is 2.88. The molecule has 2 aromatic rings. The first-order valence-corrected chi connectivity index (χ1v) is 8.45. The summed E-state index contributed by atoms with van der Waals surface area (Å²) in [7, 11) is 1.82. The molecule has 28 heavy (non-hydrogen) atoms. The van der Waals surface area contributed by atoms with Crippen LogP contribution in [0.15, 0.2) is 40.3 Å². The van der Waals surface area contributed by atoms with Crippen LogP contribution in [0.25, 0.3) is 0 Å².